The highest BCUT2D eigenvalue weighted by Crippen LogP contribution is 2.20. The predicted molar refractivity (Wildman–Crippen MR) is 101 cm³/mol. The zero-order chi connectivity index (χ0) is 18.5. The zero-order valence-corrected chi connectivity index (χ0v) is 16.4. The van der Waals surface area contributed by atoms with Crippen molar-refractivity contribution in [2.24, 2.45) is 7.05 Å². The Balaban J connectivity index is 1.54. The molecule has 1 aliphatic rings. The lowest BCUT2D eigenvalue weighted by Gasteiger charge is -2.23. The average Bonchev–Trinajstić information content (AvgIpc) is 2.98. The van der Waals surface area contributed by atoms with Gasteiger partial charge in [0.05, 0.1) is 19.0 Å². The van der Waals surface area contributed by atoms with Crippen LogP contribution in [0.5, 0.6) is 0 Å². The Morgan fingerprint density at radius 1 is 1.31 bits per heavy atom. The lowest BCUT2D eigenvalue weighted by atomic mass is 10.1. The number of rotatable bonds is 6. The summed E-state index contributed by atoms with van der Waals surface area (Å²) in [5.41, 5.74) is 3.13. The molecule has 0 bridgehead atoms. The molecule has 0 unspecified atom stereocenters. The van der Waals surface area contributed by atoms with Gasteiger partial charge in [-0.1, -0.05) is 23.9 Å². The summed E-state index contributed by atoms with van der Waals surface area (Å²) in [7, 11) is 1.96. The number of amides is 1. The molecule has 1 aliphatic heterocycles. The van der Waals surface area contributed by atoms with Gasteiger partial charge in [0.1, 0.15) is 19.6 Å². The molecule has 1 saturated heterocycles. The van der Waals surface area contributed by atoms with E-state index in [1.807, 2.05) is 43.7 Å². The van der Waals surface area contributed by atoms with Gasteiger partial charge in [0.15, 0.2) is 11.0 Å². The van der Waals surface area contributed by atoms with Crippen molar-refractivity contribution in [2.75, 3.05) is 37.4 Å². The second-order valence-corrected chi connectivity index (χ2v) is 7.52. The van der Waals surface area contributed by atoms with Gasteiger partial charge in [0.25, 0.3) is 0 Å². The molecular formula is C18H26N5O2S+. The van der Waals surface area contributed by atoms with Crippen LogP contribution in [-0.4, -0.2) is 52.7 Å². The molecule has 0 radical (unpaired) electrons. The number of hydrogen-bond acceptors (Lipinski definition) is 5. The summed E-state index contributed by atoms with van der Waals surface area (Å²) in [6, 6.07) is 5.92. The number of aryl methyl sites for hydroxylation is 1. The molecule has 1 fully saturated rings. The van der Waals surface area contributed by atoms with E-state index in [9.17, 15) is 4.79 Å². The molecule has 26 heavy (non-hydrogen) atoms. The number of nitrogens with zero attached hydrogens (tertiary/aromatic N) is 3. The maximum absolute atomic E-state index is 12.3. The van der Waals surface area contributed by atoms with Gasteiger partial charge >= 0.3 is 0 Å². The van der Waals surface area contributed by atoms with Crippen LogP contribution in [-0.2, 0) is 23.1 Å². The van der Waals surface area contributed by atoms with E-state index in [-0.39, 0.29) is 5.91 Å². The van der Waals surface area contributed by atoms with E-state index < -0.39 is 0 Å². The van der Waals surface area contributed by atoms with Crippen molar-refractivity contribution < 1.29 is 14.4 Å². The number of morpholine rings is 1. The van der Waals surface area contributed by atoms with Crippen LogP contribution in [0.4, 0.5) is 5.69 Å². The van der Waals surface area contributed by atoms with Crippen LogP contribution >= 0.6 is 11.8 Å². The first-order chi connectivity index (χ1) is 12.5. The van der Waals surface area contributed by atoms with Gasteiger partial charge in [0.2, 0.25) is 5.91 Å². The van der Waals surface area contributed by atoms with Crippen molar-refractivity contribution in [2.45, 2.75) is 25.5 Å². The Kier molecular flexibility index (Phi) is 6.29. The van der Waals surface area contributed by atoms with Crippen LogP contribution in [0.1, 0.15) is 17.0 Å². The molecule has 2 N–H and O–H groups in total. The van der Waals surface area contributed by atoms with Gasteiger partial charge in [-0.25, -0.2) is 0 Å². The van der Waals surface area contributed by atoms with Gasteiger partial charge in [0, 0.05) is 12.7 Å². The van der Waals surface area contributed by atoms with Gasteiger partial charge in [-0.15, -0.1) is 10.2 Å². The van der Waals surface area contributed by atoms with Crippen molar-refractivity contribution in [3.8, 4) is 0 Å². The van der Waals surface area contributed by atoms with Crippen LogP contribution in [0.3, 0.4) is 0 Å². The number of ether oxygens (including phenoxy) is 1. The number of carbonyl (C=O) groups excluding carboxylic acids is 1. The molecule has 0 saturated carbocycles. The summed E-state index contributed by atoms with van der Waals surface area (Å²) in [6.45, 7) is 8.47. The van der Waals surface area contributed by atoms with E-state index in [0.717, 1.165) is 55.1 Å². The van der Waals surface area contributed by atoms with E-state index in [2.05, 4.69) is 15.5 Å². The molecule has 3 rings (SSSR count). The van der Waals surface area contributed by atoms with Crippen LogP contribution in [0, 0.1) is 13.8 Å². The smallest absolute Gasteiger partial charge is 0.234 e. The minimum Gasteiger partial charge on any atom is -0.370 e. The van der Waals surface area contributed by atoms with Crippen LogP contribution < -0.4 is 10.2 Å². The third-order valence-corrected chi connectivity index (χ3v) is 5.76. The summed E-state index contributed by atoms with van der Waals surface area (Å²) in [6.07, 6.45) is 0. The molecule has 7 nitrogen and oxygen atoms in total. The number of thioether (sulfide) groups is 1. The highest BCUT2D eigenvalue weighted by Gasteiger charge is 2.19. The topological polar surface area (TPSA) is 73.5 Å². The molecule has 1 amide bonds. The third-order valence-electron chi connectivity index (χ3n) is 4.74. The van der Waals surface area contributed by atoms with Gasteiger partial charge in [-0.05, 0) is 31.0 Å². The summed E-state index contributed by atoms with van der Waals surface area (Å²) in [5.74, 6) is 1.22. The van der Waals surface area contributed by atoms with Gasteiger partial charge in [-0.2, -0.15) is 0 Å². The fraction of sp³-hybridized carbons (Fsp3) is 0.500. The molecule has 1 aromatic heterocycles. The predicted octanol–water partition coefficient (Wildman–Crippen LogP) is 0.578. The number of aromatic nitrogens is 3. The average molecular weight is 377 g/mol. The SMILES string of the molecule is Cc1cccc(NC(=O)CSc2nnc(C[NH+]3CCOCC3)n2C)c1C. The Morgan fingerprint density at radius 3 is 2.85 bits per heavy atom. The number of quaternary nitrogens is 1. The molecule has 0 spiro atoms. The van der Waals surface area contributed by atoms with E-state index in [0.29, 0.717) is 5.75 Å². The van der Waals surface area contributed by atoms with Crippen molar-refractivity contribution in [1.82, 2.24) is 14.8 Å². The highest BCUT2D eigenvalue weighted by atomic mass is 32.2. The minimum absolute atomic E-state index is 0.0351. The Bertz CT molecular complexity index is 771. The molecule has 1 aromatic carbocycles. The summed E-state index contributed by atoms with van der Waals surface area (Å²) in [4.78, 5) is 13.7. The first-order valence-electron chi connectivity index (χ1n) is 8.83. The van der Waals surface area contributed by atoms with E-state index >= 15 is 0 Å². The minimum atomic E-state index is -0.0351. The number of hydrogen-bond donors (Lipinski definition) is 2. The molecule has 140 valence electrons. The molecule has 0 aliphatic carbocycles. The molecule has 8 heteroatoms. The van der Waals surface area contributed by atoms with E-state index in [1.165, 1.54) is 22.2 Å². The second kappa shape index (κ2) is 8.66. The number of nitrogens with one attached hydrogen (secondary N) is 2. The number of carbonyl (C=O) groups is 1. The lowest BCUT2D eigenvalue weighted by Crippen LogP contribution is -3.12. The Hall–Kier alpha value is -1.90. The maximum Gasteiger partial charge on any atom is 0.234 e. The standard InChI is InChI=1S/C18H25N5O2S/c1-13-5-4-6-15(14(13)2)19-17(24)12-26-18-21-20-16(22(18)3)11-23-7-9-25-10-8-23/h4-6H,7-12H2,1-3H3,(H,19,24)/p+1. The normalized spacial score (nSPS) is 15.2. The first-order valence-corrected chi connectivity index (χ1v) is 9.81. The van der Waals surface area contributed by atoms with Crippen molar-refractivity contribution in [1.29, 1.82) is 0 Å². The summed E-state index contributed by atoms with van der Waals surface area (Å²) < 4.78 is 7.37. The van der Waals surface area contributed by atoms with Crippen LogP contribution in [0.2, 0.25) is 0 Å². The Morgan fingerprint density at radius 2 is 2.08 bits per heavy atom. The maximum atomic E-state index is 12.3. The van der Waals surface area contributed by atoms with Gasteiger partial charge in [-0.3, -0.25) is 4.79 Å². The summed E-state index contributed by atoms with van der Waals surface area (Å²) >= 11 is 1.41. The van der Waals surface area contributed by atoms with Crippen molar-refractivity contribution in [3.63, 3.8) is 0 Å². The lowest BCUT2D eigenvalue weighted by molar-refractivity contribution is -0.922. The fourth-order valence-electron chi connectivity index (χ4n) is 2.89. The monoisotopic (exact) mass is 376 g/mol. The second-order valence-electron chi connectivity index (χ2n) is 6.58. The zero-order valence-electron chi connectivity index (χ0n) is 15.5. The molecule has 2 aromatic rings. The van der Waals surface area contributed by atoms with Crippen molar-refractivity contribution >= 4 is 23.4 Å². The molecular weight excluding hydrogens is 350 g/mol. The largest absolute Gasteiger partial charge is 0.370 e. The molecule has 0 atom stereocenters. The van der Waals surface area contributed by atoms with Crippen molar-refractivity contribution in [3.05, 3.63) is 35.2 Å². The summed E-state index contributed by atoms with van der Waals surface area (Å²) in [5, 5.41) is 12.3. The van der Waals surface area contributed by atoms with Crippen LogP contribution in [0.15, 0.2) is 23.4 Å². The molecule has 2 heterocycles. The number of anilines is 1. The first kappa shape index (κ1) is 18.9. The van der Waals surface area contributed by atoms with E-state index in [1.54, 1.807) is 0 Å². The Labute approximate surface area is 158 Å². The fourth-order valence-corrected chi connectivity index (χ4v) is 3.62. The quantitative estimate of drug-likeness (QED) is 0.722. The van der Waals surface area contributed by atoms with E-state index in [4.69, 9.17) is 4.74 Å². The van der Waals surface area contributed by atoms with Crippen LogP contribution in [0.25, 0.3) is 0 Å². The van der Waals surface area contributed by atoms with Gasteiger partial charge < -0.3 is 19.5 Å². The highest BCUT2D eigenvalue weighted by molar-refractivity contribution is 7.99. The number of benzene rings is 1. The third kappa shape index (κ3) is 4.63.